The Bertz CT molecular complexity index is 1600. The van der Waals surface area contributed by atoms with Gasteiger partial charge in [0.2, 0.25) is 5.91 Å². The lowest BCUT2D eigenvalue weighted by Gasteiger charge is -2.07. The molecule has 1 N–H and O–H groups in total. The number of halogens is 1. The summed E-state index contributed by atoms with van der Waals surface area (Å²) in [4.78, 5) is 31.5. The van der Waals surface area contributed by atoms with Crippen LogP contribution in [0.2, 0.25) is 5.02 Å². The second-order valence-corrected chi connectivity index (χ2v) is 8.84. The summed E-state index contributed by atoms with van der Waals surface area (Å²) in [5.41, 5.74) is 1.73. The summed E-state index contributed by atoms with van der Waals surface area (Å²) in [5.74, 6) is 0.314. The topological polar surface area (TPSA) is 90.5 Å². The Balaban J connectivity index is 1.56. The molecule has 2 aromatic heterocycles. The van der Waals surface area contributed by atoms with Gasteiger partial charge < -0.3 is 10.1 Å². The van der Waals surface area contributed by atoms with Crippen molar-refractivity contribution >= 4 is 51.6 Å². The van der Waals surface area contributed by atoms with Crippen molar-refractivity contribution in [2.24, 2.45) is 0 Å². The number of fused-ring (bicyclic) bond motifs is 3. The third-order valence-electron chi connectivity index (χ3n) is 5.03. The van der Waals surface area contributed by atoms with Crippen molar-refractivity contribution in [3.8, 4) is 5.75 Å². The third-order valence-corrected chi connectivity index (χ3v) is 6.22. The largest absolute Gasteiger partial charge is 0.497 e. The summed E-state index contributed by atoms with van der Waals surface area (Å²) in [7, 11) is 1.60. The van der Waals surface area contributed by atoms with E-state index in [1.165, 1.54) is 16.2 Å². The number of methoxy groups -OCH3 is 1. The van der Waals surface area contributed by atoms with E-state index in [9.17, 15) is 9.59 Å². The van der Waals surface area contributed by atoms with Gasteiger partial charge >= 0.3 is 5.69 Å². The van der Waals surface area contributed by atoms with Crippen molar-refractivity contribution < 1.29 is 9.53 Å². The van der Waals surface area contributed by atoms with Crippen LogP contribution < -0.4 is 15.7 Å². The number of carbonyl (C=O) groups is 1. The summed E-state index contributed by atoms with van der Waals surface area (Å²) < 4.78 is 7.93. The van der Waals surface area contributed by atoms with Crippen LogP contribution in [0.3, 0.4) is 0 Å². The first kappa shape index (κ1) is 22.0. The van der Waals surface area contributed by atoms with Crippen LogP contribution in [0.5, 0.6) is 5.75 Å². The van der Waals surface area contributed by atoms with Crippen LogP contribution in [-0.4, -0.2) is 32.2 Å². The molecular formula is C24H18ClN5O3S. The highest BCUT2D eigenvalue weighted by Gasteiger charge is 2.18. The van der Waals surface area contributed by atoms with Crippen LogP contribution in [0.1, 0.15) is 0 Å². The van der Waals surface area contributed by atoms with Gasteiger partial charge in [-0.2, -0.15) is 0 Å². The van der Waals surface area contributed by atoms with Gasteiger partial charge in [0.05, 0.1) is 18.1 Å². The van der Waals surface area contributed by atoms with Crippen molar-refractivity contribution in [2.45, 2.75) is 16.5 Å². The average Bonchev–Trinajstić information content (AvgIpc) is 3.15. The van der Waals surface area contributed by atoms with Gasteiger partial charge in [-0.05, 0) is 48.5 Å². The van der Waals surface area contributed by atoms with E-state index < -0.39 is 11.6 Å². The number of benzene rings is 3. The summed E-state index contributed by atoms with van der Waals surface area (Å²) in [6, 6.07) is 21.6. The Morgan fingerprint density at radius 1 is 1.09 bits per heavy atom. The summed E-state index contributed by atoms with van der Waals surface area (Å²) in [5, 5.41) is 8.25. The van der Waals surface area contributed by atoms with E-state index in [1.54, 1.807) is 37.4 Å². The van der Waals surface area contributed by atoms with Gasteiger partial charge in [0.1, 0.15) is 17.3 Å². The SMILES string of the molecule is COc1cccc(Sc2nc3ccccc3n3c(=O)n(CC(=O)Nc4cccc(Cl)c4)nc23)c1. The van der Waals surface area contributed by atoms with E-state index in [2.05, 4.69) is 10.4 Å². The molecule has 0 aliphatic carbocycles. The third kappa shape index (κ3) is 4.35. The zero-order valence-electron chi connectivity index (χ0n) is 17.9. The molecule has 5 aromatic rings. The molecule has 0 atom stereocenters. The minimum absolute atomic E-state index is 0.259. The maximum atomic E-state index is 13.3. The minimum atomic E-state index is -0.428. The molecule has 0 aliphatic heterocycles. The van der Waals surface area contributed by atoms with E-state index in [-0.39, 0.29) is 6.54 Å². The first-order chi connectivity index (χ1) is 16.5. The zero-order valence-corrected chi connectivity index (χ0v) is 19.5. The number of aromatic nitrogens is 4. The fourth-order valence-electron chi connectivity index (χ4n) is 3.52. The molecule has 0 fully saturated rings. The lowest BCUT2D eigenvalue weighted by molar-refractivity contribution is -0.117. The lowest BCUT2D eigenvalue weighted by Crippen LogP contribution is -2.28. The number of hydrogen-bond acceptors (Lipinski definition) is 6. The molecule has 34 heavy (non-hydrogen) atoms. The van der Waals surface area contributed by atoms with Crippen molar-refractivity contribution in [1.82, 2.24) is 19.2 Å². The van der Waals surface area contributed by atoms with E-state index in [0.717, 1.165) is 9.58 Å². The highest BCUT2D eigenvalue weighted by Crippen LogP contribution is 2.32. The van der Waals surface area contributed by atoms with E-state index in [0.29, 0.717) is 38.2 Å². The van der Waals surface area contributed by atoms with Crippen molar-refractivity contribution in [3.05, 3.63) is 88.3 Å². The molecule has 0 aliphatic rings. The van der Waals surface area contributed by atoms with Crippen LogP contribution >= 0.6 is 23.4 Å². The number of nitrogens with zero attached hydrogens (tertiary/aromatic N) is 4. The Morgan fingerprint density at radius 3 is 2.74 bits per heavy atom. The standard InChI is InChI=1S/C24H18ClN5O3S/c1-33-17-8-5-9-18(13-17)34-23-22-28-29(14-21(31)26-16-7-4-6-15(25)12-16)24(32)30(22)20-11-3-2-10-19(20)27-23/h2-13H,14H2,1H3,(H,26,31). The molecule has 2 heterocycles. The van der Waals surface area contributed by atoms with E-state index >= 15 is 0 Å². The average molecular weight is 492 g/mol. The lowest BCUT2D eigenvalue weighted by atomic mass is 10.3. The molecule has 0 spiro atoms. The normalized spacial score (nSPS) is 11.1. The summed E-state index contributed by atoms with van der Waals surface area (Å²) >= 11 is 7.35. The Labute approximate surface area is 203 Å². The minimum Gasteiger partial charge on any atom is -0.497 e. The van der Waals surface area contributed by atoms with Gasteiger partial charge in [-0.25, -0.2) is 18.9 Å². The van der Waals surface area contributed by atoms with Crippen LogP contribution in [0.15, 0.2) is 87.5 Å². The summed E-state index contributed by atoms with van der Waals surface area (Å²) in [6.45, 7) is -0.259. The van der Waals surface area contributed by atoms with Gasteiger partial charge in [0.15, 0.2) is 5.65 Å². The maximum Gasteiger partial charge on any atom is 0.351 e. The predicted molar refractivity (Wildman–Crippen MR) is 132 cm³/mol. The monoisotopic (exact) mass is 491 g/mol. The number of anilines is 1. The second kappa shape index (κ2) is 9.20. The van der Waals surface area contributed by atoms with Gasteiger partial charge in [-0.1, -0.05) is 47.6 Å². The van der Waals surface area contributed by atoms with Gasteiger partial charge in [0, 0.05) is 15.6 Å². The zero-order chi connectivity index (χ0) is 23.7. The highest BCUT2D eigenvalue weighted by molar-refractivity contribution is 7.99. The number of nitrogens with one attached hydrogen (secondary N) is 1. The Kier molecular flexibility index (Phi) is 5.95. The number of rotatable bonds is 6. The molecule has 5 rings (SSSR count). The Morgan fingerprint density at radius 2 is 1.91 bits per heavy atom. The molecular weight excluding hydrogens is 474 g/mol. The molecule has 170 valence electrons. The molecule has 0 unspecified atom stereocenters. The maximum absolute atomic E-state index is 13.3. The molecule has 0 saturated carbocycles. The highest BCUT2D eigenvalue weighted by atomic mass is 35.5. The predicted octanol–water partition coefficient (Wildman–Crippen LogP) is 4.50. The van der Waals surface area contributed by atoms with Crippen LogP contribution in [-0.2, 0) is 11.3 Å². The van der Waals surface area contributed by atoms with E-state index in [4.69, 9.17) is 21.3 Å². The number of amides is 1. The smallest absolute Gasteiger partial charge is 0.351 e. The molecule has 10 heteroatoms. The number of ether oxygens (including phenoxy) is 1. The molecule has 0 saturated heterocycles. The van der Waals surface area contributed by atoms with Crippen LogP contribution in [0.4, 0.5) is 5.69 Å². The first-order valence-corrected chi connectivity index (χ1v) is 11.5. The van der Waals surface area contributed by atoms with Crippen LogP contribution in [0, 0.1) is 0 Å². The summed E-state index contributed by atoms with van der Waals surface area (Å²) in [6.07, 6.45) is 0. The molecule has 0 radical (unpaired) electrons. The quantitative estimate of drug-likeness (QED) is 0.376. The van der Waals surface area contributed by atoms with Crippen molar-refractivity contribution in [3.63, 3.8) is 0 Å². The van der Waals surface area contributed by atoms with E-state index in [1.807, 2.05) is 42.5 Å². The number of para-hydroxylation sites is 2. The van der Waals surface area contributed by atoms with Gasteiger partial charge in [-0.15, -0.1) is 5.10 Å². The van der Waals surface area contributed by atoms with Gasteiger partial charge in [-0.3, -0.25) is 4.79 Å². The number of hydrogen-bond donors (Lipinski definition) is 1. The van der Waals surface area contributed by atoms with Crippen molar-refractivity contribution in [2.75, 3.05) is 12.4 Å². The Hall–Kier alpha value is -3.82. The number of carbonyl (C=O) groups excluding carboxylic acids is 1. The van der Waals surface area contributed by atoms with Crippen LogP contribution in [0.25, 0.3) is 16.7 Å². The molecule has 0 bridgehead atoms. The first-order valence-electron chi connectivity index (χ1n) is 10.3. The molecule has 1 amide bonds. The molecule has 3 aromatic carbocycles. The fourth-order valence-corrected chi connectivity index (χ4v) is 4.62. The fraction of sp³-hybridized carbons (Fsp3) is 0.0833. The second-order valence-electron chi connectivity index (χ2n) is 7.34. The van der Waals surface area contributed by atoms with Crippen molar-refractivity contribution in [1.29, 1.82) is 0 Å². The molecule has 8 nitrogen and oxygen atoms in total. The van der Waals surface area contributed by atoms with Gasteiger partial charge in [0.25, 0.3) is 0 Å².